The van der Waals surface area contributed by atoms with Gasteiger partial charge in [0.25, 0.3) is 0 Å². The van der Waals surface area contributed by atoms with Gasteiger partial charge in [-0.25, -0.2) is 0 Å². The molecule has 4 bridgehead atoms. The number of pyridine rings is 1. The van der Waals surface area contributed by atoms with Crippen molar-refractivity contribution in [2.24, 2.45) is 17.8 Å². The largest absolute Gasteiger partial charge is 1.00 e. The molecule has 0 aliphatic heterocycles. The van der Waals surface area contributed by atoms with Gasteiger partial charge in [0.05, 0.1) is 0 Å². The molecule has 1 aromatic heterocycles. The van der Waals surface area contributed by atoms with Crippen LogP contribution in [-0.4, -0.2) is 0 Å². The van der Waals surface area contributed by atoms with Crippen LogP contribution >= 0.6 is 0 Å². The summed E-state index contributed by atoms with van der Waals surface area (Å²) in [6, 6.07) is 6.52. The van der Waals surface area contributed by atoms with Gasteiger partial charge in [-0.15, -0.1) is 0 Å². The molecule has 4 saturated carbocycles. The van der Waals surface area contributed by atoms with E-state index in [9.17, 15) is 0 Å². The van der Waals surface area contributed by atoms with E-state index in [2.05, 4.69) is 35.2 Å². The van der Waals surface area contributed by atoms with Crippen LogP contribution in [0.25, 0.3) is 0 Å². The fraction of sp³-hybridized carbons (Fsp3) is 0.667. The molecule has 0 radical (unpaired) electrons. The Hall–Kier alpha value is -0.370. The summed E-state index contributed by atoms with van der Waals surface area (Å²) in [7, 11) is 0. The Kier molecular flexibility index (Phi) is 2.81. The molecule has 2 heteroatoms. The van der Waals surface area contributed by atoms with E-state index < -0.39 is 0 Å². The van der Waals surface area contributed by atoms with E-state index in [1.54, 1.807) is 0 Å². The molecule has 0 spiro atoms. The summed E-state index contributed by atoms with van der Waals surface area (Å²) in [4.78, 5) is 0. The first-order valence-corrected chi connectivity index (χ1v) is 6.81. The molecule has 1 nitrogen and oxygen atoms in total. The van der Waals surface area contributed by atoms with Crippen LogP contribution in [0.5, 0.6) is 0 Å². The molecule has 92 valence electrons. The van der Waals surface area contributed by atoms with Crippen molar-refractivity contribution in [1.29, 1.82) is 0 Å². The molecule has 0 saturated heterocycles. The highest BCUT2D eigenvalue weighted by molar-refractivity contribution is 5.00. The van der Waals surface area contributed by atoms with E-state index in [1.165, 1.54) is 38.5 Å². The Morgan fingerprint density at radius 1 is 0.765 bits per heavy atom. The fourth-order valence-electron chi connectivity index (χ4n) is 5.10. The lowest BCUT2D eigenvalue weighted by Gasteiger charge is -2.53. The van der Waals surface area contributed by atoms with Crippen LogP contribution in [0.2, 0.25) is 0 Å². The monoisotopic (exact) mass is 293 g/mol. The van der Waals surface area contributed by atoms with Crippen LogP contribution in [0, 0.1) is 17.8 Å². The summed E-state index contributed by atoms with van der Waals surface area (Å²) in [6.45, 7) is 0. The van der Waals surface area contributed by atoms with Crippen molar-refractivity contribution in [1.82, 2.24) is 0 Å². The van der Waals surface area contributed by atoms with Crippen molar-refractivity contribution < 1.29 is 21.5 Å². The first kappa shape index (κ1) is 11.7. The summed E-state index contributed by atoms with van der Waals surface area (Å²) >= 11 is 0. The van der Waals surface area contributed by atoms with Crippen LogP contribution in [0.3, 0.4) is 0 Å². The predicted octanol–water partition coefficient (Wildman–Crippen LogP) is -0.0966. The van der Waals surface area contributed by atoms with Gasteiger partial charge in [-0.2, -0.15) is 4.57 Å². The molecule has 5 rings (SSSR count). The van der Waals surface area contributed by atoms with Crippen molar-refractivity contribution in [3.63, 3.8) is 0 Å². The van der Waals surface area contributed by atoms with Gasteiger partial charge >= 0.3 is 0 Å². The summed E-state index contributed by atoms with van der Waals surface area (Å²) in [5.74, 6) is 3.12. The first-order chi connectivity index (χ1) is 7.84. The molecule has 4 fully saturated rings. The summed E-state index contributed by atoms with van der Waals surface area (Å²) < 4.78 is 2.54. The van der Waals surface area contributed by atoms with Gasteiger partial charge in [0.2, 0.25) is 0 Å². The van der Waals surface area contributed by atoms with E-state index in [0.29, 0.717) is 5.54 Å². The van der Waals surface area contributed by atoms with Gasteiger partial charge in [-0.1, -0.05) is 6.07 Å². The molecule has 1 heterocycles. The van der Waals surface area contributed by atoms with Crippen molar-refractivity contribution in [2.45, 2.75) is 44.1 Å². The minimum Gasteiger partial charge on any atom is -1.00 e. The van der Waals surface area contributed by atoms with Crippen molar-refractivity contribution in [3.05, 3.63) is 30.6 Å². The van der Waals surface area contributed by atoms with E-state index >= 15 is 0 Å². The zero-order valence-corrected chi connectivity index (χ0v) is 11.8. The second-order valence-corrected chi connectivity index (χ2v) is 6.42. The molecule has 0 amide bonds. The predicted molar refractivity (Wildman–Crippen MR) is 62.8 cm³/mol. The number of hydrogen-bond acceptors (Lipinski definition) is 0. The van der Waals surface area contributed by atoms with Gasteiger partial charge in [0.15, 0.2) is 17.9 Å². The van der Waals surface area contributed by atoms with E-state index in [4.69, 9.17) is 0 Å². The van der Waals surface area contributed by atoms with Crippen molar-refractivity contribution in [2.75, 3.05) is 0 Å². The van der Waals surface area contributed by atoms with Gasteiger partial charge < -0.3 is 17.0 Å². The van der Waals surface area contributed by atoms with Crippen LogP contribution < -0.4 is 21.5 Å². The first-order valence-electron chi connectivity index (χ1n) is 6.81. The molecule has 4 aliphatic carbocycles. The number of rotatable bonds is 1. The lowest BCUT2D eigenvalue weighted by Crippen LogP contribution is -3.00. The lowest BCUT2D eigenvalue weighted by atomic mass is 9.53. The summed E-state index contributed by atoms with van der Waals surface area (Å²) in [5.41, 5.74) is 0.510. The molecule has 0 atom stereocenters. The number of aromatic nitrogens is 1. The summed E-state index contributed by atoms with van der Waals surface area (Å²) in [5, 5.41) is 0. The van der Waals surface area contributed by atoms with E-state index in [1.807, 2.05) is 0 Å². The van der Waals surface area contributed by atoms with E-state index in [-0.39, 0.29) is 17.0 Å². The topological polar surface area (TPSA) is 3.88 Å². The molecule has 4 aliphatic rings. The highest BCUT2D eigenvalue weighted by atomic mass is 79.9. The van der Waals surface area contributed by atoms with Crippen LogP contribution in [0.1, 0.15) is 38.5 Å². The Bertz CT molecular complexity index is 365. The maximum atomic E-state index is 2.54. The number of nitrogens with zero attached hydrogens (tertiary/aromatic N) is 1. The zero-order valence-electron chi connectivity index (χ0n) is 10.2. The van der Waals surface area contributed by atoms with Crippen LogP contribution in [0.15, 0.2) is 30.6 Å². The normalized spacial score (nSPS) is 42.2. The van der Waals surface area contributed by atoms with Crippen molar-refractivity contribution >= 4 is 0 Å². The lowest BCUT2D eigenvalue weighted by molar-refractivity contribution is -0.776. The van der Waals surface area contributed by atoms with Gasteiger partial charge in [-0.05, 0) is 37.0 Å². The molecular weight excluding hydrogens is 274 g/mol. The third-order valence-corrected chi connectivity index (χ3v) is 5.27. The zero-order chi connectivity index (χ0) is 10.6. The minimum absolute atomic E-state index is 0. The molecule has 0 unspecified atom stereocenters. The van der Waals surface area contributed by atoms with Crippen molar-refractivity contribution in [3.8, 4) is 0 Å². The smallest absolute Gasteiger partial charge is 0.169 e. The third kappa shape index (κ3) is 1.76. The fourth-order valence-corrected chi connectivity index (χ4v) is 5.10. The highest BCUT2D eigenvalue weighted by Gasteiger charge is 2.56. The Morgan fingerprint density at radius 3 is 1.71 bits per heavy atom. The molecule has 17 heavy (non-hydrogen) atoms. The Labute approximate surface area is 114 Å². The molecule has 1 aromatic rings. The highest BCUT2D eigenvalue weighted by Crippen LogP contribution is 2.56. The van der Waals surface area contributed by atoms with Crippen LogP contribution in [0.4, 0.5) is 0 Å². The van der Waals surface area contributed by atoms with Gasteiger partial charge in [0.1, 0.15) is 0 Å². The maximum Gasteiger partial charge on any atom is 0.169 e. The minimum atomic E-state index is 0. The standard InChI is InChI=1S/C15H20N.BrH/c1-2-4-16(5-3-1)15-9-12-6-13(10-15)8-14(7-12)11-15;/h1-5,12-14H,6-11H2;1H/q+1;/p-1. The Morgan fingerprint density at radius 2 is 1.24 bits per heavy atom. The third-order valence-electron chi connectivity index (χ3n) is 5.27. The average Bonchev–Trinajstić information content (AvgIpc) is 2.28. The van der Waals surface area contributed by atoms with Gasteiger partial charge in [-0.3, -0.25) is 0 Å². The molecule has 0 aromatic carbocycles. The Balaban J connectivity index is 0.000000902. The molecule has 0 N–H and O–H groups in total. The maximum absolute atomic E-state index is 2.54. The summed E-state index contributed by atoms with van der Waals surface area (Å²) in [6.07, 6.45) is 13.6. The quantitative estimate of drug-likeness (QED) is 0.637. The van der Waals surface area contributed by atoms with Gasteiger partial charge in [0, 0.05) is 31.4 Å². The van der Waals surface area contributed by atoms with E-state index in [0.717, 1.165) is 17.8 Å². The number of hydrogen-bond donors (Lipinski definition) is 0. The second-order valence-electron chi connectivity index (χ2n) is 6.42. The number of halogens is 1. The average molecular weight is 294 g/mol. The molecular formula is C15H20BrN. The van der Waals surface area contributed by atoms with Crippen LogP contribution in [-0.2, 0) is 5.54 Å². The SMILES string of the molecule is [Br-].c1cc[n+](C23CC4CC(CC(C4)C2)C3)cc1. The second kappa shape index (κ2) is 4.08.